The van der Waals surface area contributed by atoms with Crippen LogP contribution in [0.25, 0.3) is 0 Å². The predicted octanol–water partition coefficient (Wildman–Crippen LogP) is 2.00. The molecule has 114 valence electrons. The van der Waals surface area contributed by atoms with Crippen molar-refractivity contribution < 1.29 is 8.42 Å². The lowest BCUT2D eigenvalue weighted by atomic mass is 9.96. The van der Waals surface area contributed by atoms with Gasteiger partial charge in [-0.05, 0) is 56.0 Å². The Morgan fingerprint density at radius 3 is 2.55 bits per heavy atom. The van der Waals surface area contributed by atoms with Gasteiger partial charge in [0.15, 0.2) is 0 Å². The first-order valence-corrected chi connectivity index (χ1v) is 8.19. The number of hydrogen-bond acceptors (Lipinski definition) is 3. The minimum absolute atomic E-state index is 0. The molecule has 0 bridgehead atoms. The zero-order valence-corrected chi connectivity index (χ0v) is 13.8. The standard InChI is InChI=1S/C14H22N2O2S.ClH/c1-10-4-5-13(8-12(10)3)19(17,18)16-14-9-15-7-6-11(14)2;/h4-5,8,11,14-16H,6-7,9H2,1-3H3;1H. The Hall–Kier alpha value is -0.620. The van der Waals surface area contributed by atoms with Gasteiger partial charge in [0.1, 0.15) is 0 Å². The molecular weight excluding hydrogens is 296 g/mol. The van der Waals surface area contributed by atoms with Crippen molar-refractivity contribution in [2.24, 2.45) is 5.92 Å². The maximum atomic E-state index is 12.4. The van der Waals surface area contributed by atoms with E-state index in [1.807, 2.05) is 19.9 Å². The van der Waals surface area contributed by atoms with Gasteiger partial charge in [0.25, 0.3) is 0 Å². The van der Waals surface area contributed by atoms with Crippen molar-refractivity contribution in [2.45, 2.75) is 38.1 Å². The van der Waals surface area contributed by atoms with Crippen LogP contribution in [0.1, 0.15) is 24.5 Å². The fourth-order valence-corrected chi connectivity index (χ4v) is 3.73. The van der Waals surface area contributed by atoms with E-state index in [1.165, 1.54) is 0 Å². The lowest BCUT2D eigenvalue weighted by molar-refractivity contribution is 0.327. The molecule has 0 aliphatic carbocycles. The lowest BCUT2D eigenvalue weighted by Crippen LogP contribution is -2.50. The smallest absolute Gasteiger partial charge is 0.240 e. The van der Waals surface area contributed by atoms with Crippen LogP contribution < -0.4 is 10.0 Å². The maximum absolute atomic E-state index is 12.4. The molecule has 2 rings (SSSR count). The minimum atomic E-state index is -3.42. The van der Waals surface area contributed by atoms with Gasteiger partial charge in [-0.2, -0.15) is 0 Å². The van der Waals surface area contributed by atoms with Crippen LogP contribution in [0.2, 0.25) is 0 Å². The molecule has 1 saturated heterocycles. The fraction of sp³-hybridized carbons (Fsp3) is 0.571. The summed E-state index contributed by atoms with van der Waals surface area (Å²) in [7, 11) is -3.42. The van der Waals surface area contributed by atoms with Crippen molar-refractivity contribution in [1.29, 1.82) is 0 Å². The molecule has 2 N–H and O–H groups in total. The highest BCUT2D eigenvalue weighted by atomic mass is 35.5. The molecule has 1 aliphatic heterocycles. The van der Waals surface area contributed by atoms with Gasteiger partial charge in [-0.3, -0.25) is 0 Å². The van der Waals surface area contributed by atoms with E-state index in [9.17, 15) is 8.42 Å². The normalized spacial score (nSPS) is 23.1. The molecule has 0 amide bonds. The number of halogens is 1. The number of piperidine rings is 1. The average Bonchev–Trinajstić information content (AvgIpc) is 2.35. The largest absolute Gasteiger partial charge is 0.315 e. The van der Waals surface area contributed by atoms with Gasteiger partial charge in [0, 0.05) is 12.6 Å². The fourth-order valence-electron chi connectivity index (χ4n) is 2.30. The second-order valence-electron chi connectivity index (χ2n) is 5.44. The summed E-state index contributed by atoms with van der Waals surface area (Å²) in [6.45, 7) is 7.66. The molecule has 0 spiro atoms. The molecule has 20 heavy (non-hydrogen) atoms. The van der Waals surface area contributed by atoms with Gasteiger partial charge < -0.3 is 5.32 Å². The van der Waals surface area contributed by atoms with E-state index in [4.69, 9.17) is 0 Å². The number of benzene rings is 1. The van der Waals surface area contributed by atoms with Crippen LogP contribution in [-0.4, -0.2) is 27.5 Å². The van der Waals surface area contributed by atoms with Crippen LogP contribution in [-0.2, 0) is 10.0 Å². The Bertz CT molecular complexity index is 560. The van der Waals surface area contributed by atoms with E-state index in [0.717, 1.165) is 24.1 Å². The van der Waals surface area contributed by atoms with Gasteiger partial charge in [-0.15, -0.1) is 12.4 Å². The summed E-state index contributed by atoms with van der Waals surface area (Å²) in [6, 6.07) is 5.23. The summed E-state index contributed by atoms with van der Waals surface area (Å²) in [6.07, 6.45) is 1.00. The number of aryl methyl sites for hydroxylation is 2. The van der Waals surface area contributed by atoms with Crippen molar-refractivity contribution >= 4 is 22.4 Å². The van der Waals surface area contributed by atoms with Gasteiger partial charge >= 0.3 is 0 Å². The highest BCUT2D eigenvalue weighted by Gasteiger charge is 2.26. The van der Waals surface area contributed by atoms with Crippen LogP contribution in [0.15, 0.2) is 23.1 Å². The summed E-state index contributed by atoms with van der Waals surface area (Å²) >= 11 is 0. The molecule has 1 aliphatic rings. The van der Waals surface area contributed by atoms with Crippen LogP contribution >= 0.6 is 12.4 Å². The average molecular weight is 319 g/mol. The predicted molar refractivity (Wildman–Crippen MR) is 83.9 cm³/mol. The molecule has 1 fully saturated rings. The molecule has 1 aromatic rings. The number of nitrogens with one attached hydrogen (secondary N) is 2. The van der Waals surface area contributed by atoms with Crippen LogP contribution in [0.3, 0.4) is 0 Å². The topological polar surface area (TPSA) is 58.2 Å². The molecule has 2 atom stereocenters. The second-order valence-corrected chi connectivity index (χ2v) is 7.16. The number of rotatable bonds is 3. The van der Waals surface area contributed by atoms with Gasteiger partial charge in [0.2, 0.25) is 10.0 Å². The monoisotopic (exact) mass is 318 g/mol. The SMILES string of the molecule is Cc1ccc(S(=O)(=O)NC2CNCCC2C)cc1C.Cl. The zero-order valence-electron chi connectivity index (χ0n) is 12.1. The Balaban J connectivity index is 0.00000200. The van der Waals surface area contributed by atoms with E-state index in [1.54, 1.807) is 12.1 Å². The summed E-state index contributed by atoms with van der Waals surface area (Å²) in [5.74, 6) is 0.363. The molecular formula is C14H23ClN2O2S. The summed E-state index contributed by atoms with van der Waals surface area (Å²) in [5.41, 5.74) is 2.10. The van der Waals surface area contributed by atoms with E-state index < -0.39 is 10.0 Å². The third-order valence-corrected chi connectivity index (χ3v) is 5.41. The van der Waals surface area contributed by atoms with Crippen molar-refractivity contribution in [3.63, 3.8) is 0 Å². The third kappa shape index (κ3) is 3.95. The highest BCUT2D eigenvalue weighted by Crippen LogP contribution is 2.18. The Kier molecular flexibility index (Phi) is 6.01. The molecule has 0 saturated carbocycles. The van der Waals surface area contributed by atoms with Gasteiger partial charge in [0.05, 0.1) is 4.90 Å². The first-order chi connectivity index (χ1) is 8.90. The van der Waals surface area contributed by atoms with E-state index in [2.05, 4.69) is 17.0 Å². The van der Waals surface area contributed by atoms with Gasteiger partial charge in [-0.25, -0.2) is 13.1 Å². The van der Waals surface area contributed by atoms with E-state index in [0.29, 0.717) is 17.4 Å². The molecule has 2 unspecified atom stereocenters. The second kappa shape index (κ2) is 6.89. The Morgan fingerprint density at radius 2 is 1.95 bits per heavy atom. The zero-order chi connectivity index (χ0) is 14.0. The molecule has 1 aromatic carbocycles. The van der Waals surface area contributed by atoms with E-state index >= 15 is 0 Å². The molecule has 6 heteroatoms. The maximum Gasteiger partial charge on any atom is 0.240 e. The summed E-state index contributed by atoms with van der Waals surface area (Å²) < 4.78 is 27.6. The van der Waals surface area contributed by atoms with Crippen LogP contribution in [0.4, 0.5) is 0 Å². The van der Waals surface area contributed by atoms with Crippen molar-refractivity contribution in [1.82, 2.24) is 10.0 Å². The van der Waals surface area contributed by atoms with Crippen LogP contribution in [0.5, 0.6) is 0 Å². The molecule has 4 nitrogen and oxygen atoms in total. The van der Waals surface area contributed by atoms with Crippen molar-refractivity contribution in [3.8, 4) is 0 Å². The lowest BCUT2D eigenvalue weighted by Gasteiger charge is -2.30. The van der Waals surface area contributed by atoms with E-state index in [-0.39, 0.29) is 18.4 Å². The molecule has 0 radical (unpaired) electrons. The minimum Gasteiger partial charge on any atom is -0.315 e. The number of sulfonamides is 1. The Morgan fingerprint density at radius 1 is 1.25 bits per heavy atom. The first kappa shape index (κ1) is 17.4. The highest BCUT2D eigenvalue weighted by molar-refractivity contribution is 7.89. The molecule has 0 aromatic heterocycles. The van der Waals surface area contributed by atoms with Gasteiger partial charge in [-0.1, -0.05) is 13.0 Å². The quantitative estimate of drug-likeness (QED) is 0.896. The summed E-state index contributed by atoms with van der Waals surface area (Å²) in [4.78, 5) is 0.355. The van der Waals surface area contributed by atoms with Crippen LogP contribution in [0, 0.1) is 19.8 Å². The molecule has 1 heterocycles. The third-order valence-electron chi connectivity index (χ3n) is 3.92. The van der Waals surface area contributed by atoms with Crippen molar-refractivity contribution in [3.05, 3.63) is 29.3 Å². The first-order valence-electron chi connectivity index (χ1n) is 6.70. The number of hydrogen-bond donors (Lipinski definition) is 2. The van der Waals surface area contributed by atoms with Crippen molar-refractivity contribution in [2.75, 3.05) is 13.1 Å². The summed E-state index contributed by atoms with van der Waals surface area (Å²) in [5, 5.41) is 3.23. The Labute approximate surface area is 127 Å².